The van der Waals surface area contributed by atoms with Crippen molar-refractivity contribution in [2.45, 2.75) is 8.32 Å². The van der Waals surface area contributed by atoms with E-state index < -0.39 is 24.0 Å². The summed E-state index contributed by atoms with van der Waals surface area (Å²) in [5.41, 5.74) is 0.120. The molecule has 1 rings (SSSR count). The zero-order valence-corrected chi connectivity index (χ0v) is 11.9. The van der Waals surface area contributed by atoms with Crippen molar-refractivity contribution >= 4 is 44.0 Å². The Kier molecular flexibility index (Phi) is 4.20. The lowest BCUT2D eigenvalue weighted by atomic mass is 10.1. The quantitative estimate of drug-likeness (QED) is 0.648. The third-order valence-electron chi connectivity index (χ3n) is 1.98. The Labute approximate surface area is 112 Å². The van der Waals surface area contributed by atoms with Gasteiger partial charge in [0.2, 0.25) is 2.21 Å². The summed E-state index contributed by atoms with van der Waals surface area (Å²) in [7, 11) is -3.68. The van der Waals surface area contributed by atoms with Crippen LogP contribution in [0.5, 0.6) is 0 Å². The number of halogens is 3. The fourth-order valence-electron chi connectivity index (χ4n) is 1.07. The molecule has 1 N–H and O–H groups in total. The Balaban J connectivity index is 3.17. The molecular weight excluding hydrogens is 370 g/mol. The van der Waals surface area contributed by atoms with Gasteiger partial charge in [0.05, 0.1) is 0 Å². The zero-order valence-electron chi connectivity index (χ0n) is 8.19. The van der Waals surface area contributed by atoms with E-state index in [-0.39, 0.29) is 5.56 Å². The standard InChI is InChI=1S/C9H9ClFIO3S/c1-16(14,15)9(10,12)8(13)6-3-2-4-7(11)5-6/h2-5,8,13H,1H3/t8-,9+/m0/s1. The van der Waals surface area contributed by atoms with Gasteiger partial charge >= 0.3 is 0 Å². The van der Waals surface area contributed by atoms with Gasteiger partial charge in [-0.05, 0) is 40.3 Å². The Bertz CT molecular complexity index is 489. The van der Waals surface area contributed by atoms with Crippen LogP contribution in [0.3, 0.4) is 0 Å². The maximum atomic E-state index is 12.9. The van der Waals surface area contributed by atoms with Crippen molar-refractivity contribution in [1.29, 1.82) is 0 Å². The van der Waals surface area contributed by atoms with Crippen molar-refractivity contribution in [1.82, 2.24) is 0 Å². The van der Waals surface area contributed by atoms with Crippen LogP contribution in [0.1, 0.15) is 11.7 Å². The summed E-state index contributed by atoms with van der Waals surface area (Å²) in [6.07, 6.45) is -0.588. The van der Waals surface area contributed by atoms with Crippen LogP contribution in [-0.4, -0.2) is 22.0 Å². The van der Waals surface area contributed by atoms with Crippen LogP contribution < -0.4 is 0 Å². The summed E-state index contributed by atoms with van der Waals surface area (Å²) in [6.45, 7) is 0. The number of aliphatic hydroxyl groups is 1. The molecule has 0 heterocycles. The van der Waals surface area contributed by atoms with Gasteiger partial charge in [-0.1, -0.05) is 23.7 Å². The van der Waals surface area contributed by atoms with Crippen LogP contribution in [0.15, 0.2) is 24.3 Å². The predicted molar refractivity (Wildman–Crippen MR) is 68.8 cm³/mol. The molecule has 0 saturated heterocycles. The molecular formula is C9H9ClFIO3S. The summed E-state index contributed by atoms with van der Waals surface area (Å²) in [5, 5.41) is 9.82. The van der Waals surface area contributed by atoms with Crippen molar-refractivity contribution in [2.24, 2.45) is 0 Å². The normalized spacial score (nSPS) is 17.8. The van der Waals surface area contributed by atoms with Crippen LogP contribution in [0, 0.1) is 5.82 Å². The van der Waals surface area contributed by atoms with Crippen molar-refractivity contribution in [3.8, 4) is 0 Å². The van der Waals surface area contributed by atoms with Gasteiger partial charge < -0.3 is 5.11 Å². The highest BCUT2D eigenvalue weighted by Crippen LogP contribution is 2.42. The van der Waals surface area contributed by atoms with E-state index in [1.54, 1.807) is 0 Å². The van der Waals surface area contributed by atoms with E-state index in [0.29, 0.717) is 0 Å². The molecule has 0 saturated carbocycles. The number of rotatable bonds is 3. The zero-order chi connectivity index (χ0) is 12.6. The summed E-state index contributed by atoms with van der Waals surface area (Å²) >= 11 is 7.20. The van der Waals surface area contributed by atoms with Crippen molar-refractivity contribution in [2.75, 3.05) is 6.26 Å². The molecule has 0 bridgehead atoms. The molecule has 2 atom stereocenters. The Morgan fingerprint density at radius 3 is 2.56 bits per heavy atom. The largest absolute Gasteiger partial charge is 0.385 e. The molecule has 0 fully saturated rings. The first-order valence-electron chi connectivity index (χ1n) is 4.17. The van der Waals surface area contributed by atoms with Crippen LogP contribution in [0.2, 0.25) is 0 Å². The van der Waals surface area contributed by atoms with Gasteiger partial charge in [0, 0.05) is 6.26 Å². The first-order chi connectivity index (χ1) is 7.16. The van der Waals surface area contributed by atoms with Crippen LogP contribution >= 0.6 is 34.2 Å². The second-order valence-corrected chi connectivity index (χ2v) is 9.37. The molecule has 0 aliphatic rings. The van der Waals surface area contributed by atoms with Gasteiger partial charge in [0.25, 0.3) is 0 Å². The summed E-state index contributed by atoms with van der Waals surface area (Å²) in [4.78, 5) is 0. The molecule has 0 aromatic heterocycles. The molecule has 0 radical (unpaired) electrons. The molecule has 7 heteroatoms. The van der Waals surface area contributed by atoms with Crippen LogP contribution in [-0.2, 0) is 9.84 Å². The number of alkyl halides is 2. The second kappa shape index (κ2) is 4.75. The maximum absolute atomic E-state index is 12.9. The summed E-state index contributed by atoms with van der Waals surface area (Å²) < 4.78 is 33.7. The molecule has 0 spiro atoms. The van der Waals surface area contributed by atoms with Crippen LogP contribution in [0.25, 0.3) is 0 Å². The fraction of sp³-hybridized carbons (Fsp3) is 0.333. The van der Waals surface area contributed by atoms with Gasteiger partial charge in [-0.15, -0.1) is 0 Å². The van der Waals surface area contributed by atoms with E-state index >= 15 is 0 Å². The van der Waals surface area contributed by atoms with Gasteiger partial charge in [-0.3, -0.25) is 0 Å². The Hall–Kier alpha value is 0.0800. The van der Waals surface area contributed by atoms with Crippen LogP contribution in [0.4, 0.5) is 4.39 Å². The van der Waals surface area contributed by atoms with Gasteiger partial charge in [0.15, 0.2) is 9.84 Å². The lowest BCUT2D eigenvalue weighted by Crippen LogP contribution is -2.32. The van der Waals surface area contributed by atoms with Gasteiger partial charge in [0.1, 0.15) is 11.9 Å². The third kappa shape index (κ3) is 2.85. The smallest absolute Gasteiger partial charge is 0.224 e. The van der Waals surface area contributed by atoms with E-state index in [9.17, 15) is 17.9 Å². The Morgan fingerprint density at radius 2 is 2.12 bits per heavy atom. The SMILES string of the molecule is CS(=O)(=O)[C@](Cl)(I)[C@@H](O)c1cccc(F)c1. The molecule has 0 unspecified atom stereocenters. The first kappa shape index (κ1) is 14.1. The van der Waals surface area contributed by atoms with E-state index in [2.05, 4.69) is 0 Å². The summed E-state index contributed by atoms with van der Waals surface area (Å²) in [6, 6.07) is 5.03. The predicted octanol–water partition coefficient (Wildman–Crippen LogP) is 2.23. The van der Waals surface area contributed by atoms with E-state index in [1.807, 2.05) is 0 Å². The number of hydrogen-bond donors (Lipinski definition) is 1. The first-order valence-corrected chi connectivity index (χ1v) is 7.52. The highest BCUT2D eigenvalue weighted by molar-refractivity contribution is 14.1. The second-order valence-electron chi connectivity index (χ2n) is 3.29. The molecule has 16 heavy (non-hydrogen) atoms. The molecule has 0 amide bonds. The van der Waals surface area contributed by atoms with Crippen molar-refractivity contribution in [3.63, 3.8) is 0 Å². The lowest BCUT2D eigenvalue weighted by Gasteiger charge is -2.24. The minimum absolute atomic E-state index is 0.120. The minimum Gasteiger partial charge on any atom is -0.385 e. The average molecular weight is 379 g/mol. The van der Waals surface area contributed by atoms with Gasteiger partial charge in [-0.2, -0.15) is 0 Å². The molecule has 1 aromatic carbocycles. The number of sulfone groups is 1. The number of aliphatic hydroxyl groups excluding tert-OH is 1. The molecule has 1 aromatic rings. The third-order valence-corrected chi connectivity index (χ3v) is 7.23. The van der Waals surface area contributed by atoms with E-state index in [0.717, 1.165) is 12.3 Å². The van der Waals surface area contributed by atoms with Crippen molar-refractivity contribution < 1.29 is 17.9 Å². The molecule has 0 aliphatic heterocycles. The topological polar surface area (TPSA) is 54.4 Å². The van der Waals surface area contributed by atoms with Gasteiger partial charge in [-0.25, -0.2) is 12.8 Å². The highest BCUT2D eigenvalue weighted by Gasteiger charge is 2.44. The maximum Gasteiger partial charge on any atom is 0.224 e. The number of hydrogen-bond acceptors (Lipinski definition) is 3. The van der Waals surface area contributed by atoms with E-state index in [4.69, 9.17) is 11.6 Å². The van der Waals surface area contributed by atoms with E-state index in [1.165, 1.54) is 40.8 Å². The fourth-order valence-corrected chi connectivity index (χ4v) is 2.10. The highest BCUT2D eigenvalue weighted by atomic mass is 127. The van der Waals surface area contributed by atoms with Crippen molar-refractivity contribution in [3.05, 3.63) is 35.6 Å². The Morgan fingerprint density at radius 1 is 1.56 bits per heavy atom. The molecule has 90 valence electrons. The monoisotopic (exact) mass is 378 g/mol. The minimum atomic E-state index is -3.68. The number of benzene rings is 1. The average Bonchev–Trinajstić information content (AvgIpc) is 2.14. The lowest BCUT2D eigenvalue weighted by molar-refractivity contribution is 0.187. The molecule has 0 aliphatic carbocycles. The summed E-state index contributed by atoms with van der Waals surface area (Å²) in [5.74, 6) is -0.561. The molecule has 3 nitrogen and oxygen atoms in total.